The third-order valence-corrected chi connectivity index (χ3v) is 5.49. The summed E-state index contributed by atoms with van der Waals surface area (Å²) in [7, 11) is -3.57. The minimum Gasteiger partial charge on any atom is -0.567 e. The molecule has 3 aromatic carbocycles. The molecule has 3 rings (SSSR count). The fraction of sp³-hybridized carbons (Fsp3) is 0. The number of benzene rings is 3. The summed E-state index contributed by atoms with van der Waals surface area (Å²) in [6.07, 6.45) is 0. The summed E-state index contributed by atoms with van der Waals surface area (Å²) in [6, 6.07) is 32.3. The summed E-state index contributed by atoms with van der Waals surface area (Å²) >= 11 is 0. The van der Waals surface area contributed by atoms with Gasteiger partial charge in [-0.2, -0.15) is 4.89 Å². The first-order chi connectivity index (χ1) is 11.2. The van der Waals surface area contributed by atoms with Crippen molar-refractivity contribution in [3.05, 3.63) is 91.0 Å². The van der Waals surface area contributed by atoms with E-state index in [-0.39, 0.29) is 56.9 Å². The van der Waals surface area contributed by atoms with Gasteiger partial charge in [-0.15, -0.1) is 0 Å². The topological polar surface area (TPSA) is 91.9 Å². The zero-order chi connectivity index (χ0) is 16.5. The fourth-order valence-corrected chi connectivity index (χ4v) is 4.48. The van der Waals surface area contributed by atoms with Crippen molar-refractivity contribution in [1.82, 2.24) is 0 Å². The van der Waals surface area contributed by atoms with Crippen molar-refractivity contribution in [3.63, 3.8) is 0 Å². The Morgan fingerprint density at radius 1 is 0.680 bits per heavy atom. The van der Waals surface area contributed by atoms with E-state index in [9.17, 15) is 0 Å². The first-order valence-electron chi connectivity index (χ1n) is 6.97. The molecule has 3 N–H and O–H groups in total. The molecule has 0 spiro atoms. The van der Waals surface area contributed by atoms with E-state index in [1.807, 2.05) is 0 Å². The minimum absolute atomic E-state index is 0. The van der Waals surface area contributed by atoms with Crippen LogP contribution in [-0.4, -0.2) is 10.4 Å². The van der Waals surface area contributed by atoms with Gasteiger partial charge in [0.05, 0.1) is 0 Å². The average Bonchev–Trinajstić information content (AvgIpc) is 2.58. The molecule has 0 aliphatic heterocycles. The second-order valence-electron chi connectivity index (χ2n) is 4.58. The van der Waals surface area contributed by atoms with Crippen LogP contribution in [0.15, 0.2) is 91.0 Å². The van der Waals surface area contributed by atoms with Crippen molar-refractivity contribution in [3.8, 4) is 0 Å². The van der Waals surface area contributed by atoms with E-state index in [1.165, 1.54) is 15.9 Å². The van der Waals surface area contributed by atoms with Crippen molar-refractivity contribution >= 4 is 32.1 Å². The molecule has 0 aliphatic carbocycles. The fourth-order valence-electron chi connectivity index (χ4n) is 2.18. The number of rotatable bonds is 3. The maximum atomic E-state index is 8.59. The van der Waals surface area contributed by atoms with E-state index in [0.29, 0.717) is 0 Å². The molecule has 0 fully saturated rings. The van der Waals surface area contributed by atoms with Gasteiger partial charge in [0.2, 0.25) is 0 Å². The second-order valence-corrected chi connectivity index (χ2v) is 7.28. The summed E-state index contributed by atoms with van der Waals surface area (Å²) in [6.45, 7) is 0. The SMILES string of the molecule is O.O=[P+]([O-])O.[K+].c1ccc(P(c2ccccc2)c2ccccc2)cc1. The van der Waals surface area contributed by atoms with Crippen LogP contribution in [0.25, 0.3) is 0 Å². The van der Waals surface area contributed by atoms with Gasteiger partial charge < -0.3 is 10.4 Å². The Kier molecular flexibility index (Phi) is 13.7. The molecule has 4 nitrogen and oxygen atoms in total. The maximum absolute atomic E-state index is 8.59. The molecule has 1 atom stereocenters. The summed E-state index contributed by atoms with van der Waals surface area (Å²) in [4.78, 5) is 15.6. The van der Waals surface area contributed by atoms with Crippen molar-refractivity contribution in [2.24, 2.45) is 0 Å². The van der Waals surface area contributed by atoms with Crippen molar-refractivity contribution < 1.29 is 71.2 Å². The Balaban J connectivity index is 0.000000874. The molecule has 0 saturated heterocycles. The quantitative estimate of drug-likeness (QED) is 0.435. The predicted octanol–water partition coefficient (Wildman–Crippen LogP) is -1.38. The van der Waals surface area contributed by atoms with E-state index < -0.39 is 16.2 Å². The number of hydrogen-bond donors (Lipinski definition) is 1. The van der Waals surface area contributed by atoms with Crippen molar-refractivity contribution in [2.75, 3.05) is 0 Å². The molecule has 124 valence electrons. The van der Waals surface area contributed by atoms with Crippen LogP contribution in [0.4, 0.5) is 0 Å². The molecule has 0 amide bonds. The molecule has 0 bridgehead atoms. The van der Waals surface area contributed by atoms with E-state index in [0.717, 1.165) is 0 Å². The molecule has 0 heterocycles. The molecular formula is C18H18KO4P2+. The molecule has 1 unspecified atom stereocenters. The Hall–Kier alpha value is -0.294. The first-order valence-corrected chi connectivity index (χ1v) is 9.44. The molecule has 3 aromatic rings. The Morgan fingerprint density at radius 3 is 1.08 bits per heavy atom. The molecule has 0 aromatic heterocycles. The third-order valence-electron chi connectivity index (χ3n) is 3.04. The summed E-state index contributed by atoms with van der Waals surface area (Å²) in [5.74, 6) is 0. The van der Waals surface area contributed by atoms with Gasteiger partial charge in [-0.05, 0) is 28.4 Å². The van der Waals surface area contributed by atoms with Gasteiger partial charge in [-0.25, -0.2) is 0 Å². The van der Waals surface area contributed by atoms with E-state index in [1.54, 1.807) is 0 Å². The standard InChI is InChI=1S/C18H15P.K.HO3P.H2O/c1-4-10-16(11-5-1)19(17-12-6-2-7-13-17)18-14-8-3-9-15-18;;1-4(2)3;/h1-15H;;(H,1,2,3);1H2/q;+1;;. The van der Waals surface area contributed by atoms with Gasteiger partial charge in [-0.1, -0.05) is 91.0 Å². The van der Waals surface area contributed by atoms with Gasteiger partial charge in [0.1, 0.15) is 0 Å². The van der Waals surface area contributed by atoms with Gasteiger partial charge >= 0.3 is 59.6 Å². The molecule has 0 radical (unpaired) electrons. The van der Waals surface area contributed by atoms with E-state index in [2.05, 4.69) is 91.0 Å². The zero-order valence-electron chi connectivity index (χ0n) is 13.8. The third kappa shape index (κ3) is 8.76. The van der Waals surface area contributed by atoms with Crippen LogP contribution in [0.3, 0.4) is 0 Å². The monoisotopic (exact) mass is 399 g/mol. The Labute approximate surface area is 192 Å². The van der Waals surface area contributed by atoms with Gasteiger partial charge in [0.25, 0.3) is 0 Å². The zero-order valence-corrected chi connectivity index (χ0v) is 18.7. The molecule has 25 heavy (non-hydrogen) atoms. The molecular weight excluding hydrogens is 381 g/mol. The van der Waals surface area contributed by atoms with Gasteiger partial charge in [0.15, 0.2) is 0 Å². The molecule has 0 aliphatic rings. The molecule has 7 heteroatoms. The van der Waals surface area contributed by atoms with Crippen LogP contribution in [0, 0.1) is 0 Å². The average molecular weight is 399 g/mol. The van der Waals surface area contributed by atoms with Crippen LogP contribution in [0.2, 0.25) is 0 Å². The van der Waals surface area contributed by atoms with Crippen molar-refractivity contribution in [2.45, 2.75) is 0 Å². The smallest absolute Gasteiger partial charge is 0.567 e. The van der Waals surface area contributed by atoms with Gasteiger partial charge in [-0.3, -0.25) is 0 Å². The van der Waals surface area contributed by atoms with Crippen LogP contribution in [0.1, 0.15) is 0 Å². The van der Waals surface area contributed by atoms with Crippen LogP contribution >= 0.6 is 16.2 Å². The second kappa shape index (κ2) is 13.9. The van der Waals surface area contributed by atoms with E-state index in [4.69, 9.17) is 14.4 Å². The largest absolute Gasteiger partial charge is 1.00 e. The Morgan fingerprint density at radius 2 is 0.880 bits per heavy atom. The van der Waals surface area contributed by atoms with Gasteiger partial charge in [0, 0.05) is 0 Å². The van der Waals surface area contributed by atoms with Crippen LogP contribution < -0.4 is 72.2 Å². The molecule has 0 saturated carbocycles. The predicted molar refractivity (Wildman–Crippen MR) is 98.6 cm³/mol. The Bertz CT molecular complexity index is 630. The van der Waals surface area contributed by atoms with Crippen molar-refractivity contribution in [1.29, 1.82) is 0 Å². The number of hydrogen-bond acceptors (Lipinski definition) is 2. The first kappa shape index (κ1) is 24.7. The summed E-state index contributed by atoms with van der Waals surface area (Å²) < 4.78 is 8.59. The summed E-state index contributed by atoms with van der Waals surface area (Å²) in [5, 5.41) is 4.19. The minimum atomic E-state index is -3.12. The maximum Gasteiger partial charge on any atom is 1.00 e. The van der Waals surface area contributed by atoms with Crippen LogP contribution in [0.5, 0.6) is 0 Å². The normalized spacial score (nSPS) is 9.80. The van der Waals surface area contributed by atoms with E-state index >= 15 is 0 Å². The van der Waals surface area contributed by atoms with Crippen LogP contribution in [-0.2, 0) is 4.57 Å². The summed E-state index contributed by atoms with van der Waals surface area (Å²) in [5.41, 5.74) is 0.